The molecule has 0 saturated heterocycles. The Bertz CT molecular complexity index is 771. The van der Waals surface area contributed by atoms with Gasteiger partial charge in [0.1, 0.15) is 11.6 Å². The van der Waals surface area contributed by atoms with Crippen molar-refractivity contribution in [3.8, 4) is 0 Å². The summed E-state index contributed by atoms with van der Waals surface area (Å²) in [5, 5.41) is 8.74. The normalized spacial score (nSPS) is 10.9. The number of rotatable bonds is 3. The SMILES string of the molecule is CSc1nc(Nc2cccc(F)c2)c2cnn(C)c2n1. The molecule has 0 amide bonds. The lowest BCUT2D eigenvalue weighted by Crippen LogP contribution is -2.00. The van der Waals surface area contributed by atoms with E-state index in [0.29, 0.717) is 16.7 Å². The average Bonchev–Trinajstić information content (AvgIpc) is 2.81. The van der Waals surface area contributed by atoms with E-state index in [1.165, 1.54) is 23.9 Å². The van der Waals surface area contributed by atoms with E-state index in [-0.39, 0.29) is 5.82 Å². The number of anilines is 2. The van der Waals surface area contributed by atoms with E-state index in [2.05, 4.69) is 20.4 Å². The lowest BCUT2D eigenvalue weighted by atomic mass is 10.3. The Balaban J connectivity index is 2.10. The quantitative estimate of drug-likeness (QED) is 0.593. The molecule has 5 nitrogen and oxygen atoms in total. The van der Waals surface area contributed by atoms with Crippen molar-refractivity contribution < 1.29 is 4.39 Å². The number of fused-ring (bicyclic) bond motifs is 1. The van der Waals surface area contributed by atoms with Crippen molar-refractivity contribution in [3.63, 3.8) is 0 Å². The van der Waals surface area contributed by atoms with Crippen LogP contribution in [0.2, 0.25) is 0 Å². The zero-order valence-corrected chi connectivity index (χ0v) is 11.8. The van der Waals surface area contributed by atoms with Gasteiger partial charge in [-0.05, 0) is 24.5 Å². The number of benzene rings is 1. The summed E-state index contributed by atoms with van der Waals surface area (Å²) in [5.74, 6) is 0.328. The molecule has 0 saturated carbocycles. The van der Waals surface area contributed by atoms with Crippen LogP contribution in [-0.4, -0.2) is 26.0 Å². The van der Waals surface area contributed by atoms with Gasteiger partial charge in [0.15, 0.2) is 10.8 Å². The molecule has 2 aromatic heterocycles. The largest absolute Gasteiger partial charge is 0.339 e. The van der Waals surface area contributed by atoms with E-state index < -0.39 is 0 Å². The zero-order chi connectivity index (χ0) is 14.1. The second-order valence-electron chi connectivity index (χ2n) is 4.20. The first kappa shape index (κ1) is 12.9. The highest BCUT2D eigenvalue weighted by atomic mass is 32.2. The Labute approximate surface area is 119 Å². The lowest BCUT2D eigenvalue weighted by Gasteiger charge is -2.08. The van der Waals surface area contributed by atoms with Gasteiger partial charge in [0.2, 0.25) is 0 Å². The smallest absolute Gasteiger partial charge is 0.191 e. The number of hydrogen-bond donors (Lipinski definition) is 1. The predicted octanol–water partition coefficient (Wildman–Crippen LogP) is 2.97. The molecule has 7 heteroatoms. The molecule has 0 aliphatic rings. The van der Waals surface area contributed by atoms with Gasteiger partial charge in [0.05, 0.1) is 11.6 Å². The van der Waals surface area contributed by atoms with Crippen molar-refractivity contribution in [2.75, 3.05) is 11.6 Å². The summed E-state index contributed by atoms with van der Waals surface area (Å²) in [6, 6.07) is 6.25. The highest BCUT2D eigenvalue weighted by molar-refractivity contribution is 7.98. The summed E-state index contributed by atoms with van der Waals surface area (Å²) >= 11 is 1.45. The van der Waals surface area contributed by atoms with E-state index in [4.69, 9.17) is 0 Å². The summed E-state index contributed by atoms with van der Waals surface area (Å²) in [5.41, 5.74) is 1.38. The summed E-state index contributed by atoms with van der Waals surface area (Å²) in [6.45, 7) is 0. The first-order valence-electron chi connectivity index (χ1n) is 5.93. The fraction of sp³-hybridized carbons (Fsp3) is 0.154. The Morgan fingerprint density at radius 1 is 1.30 bits per heavy atom. The molecule has 1 aromatic carbocycles. The van der Waals surface area contributed by atoms with Gasteiger partial charge in [-0.25, -0.2) is 14.4 Å². The van der Waals surface area contributed by atoms with E-state index >= 15 is 0 Å². The Hall–Kier alpha value is -2.15. The average molecular weight is 289 g/mol. The van der Waals surface area contributed by atoms with Crippen molar-refractivity contribution in [3.05, 3.63) is 36.3 Å². The summed E-state index contributed by atoms with van der Waals surface area (Å²) in [6.07, 6.45) is 3.60. The lowest BCUT2D eigenvalue weighted by molar-refractivity contribution is 0.628. The molecule has 0 fully saturated rings. The number of halogens is 1. The van der Waals surface area contributed by atoms with Crippen LogP contribution >= 0.6 is 11.8 Å². The van der Waals surface area contributed by atoms with E-state index in [1.807, 2.05) is 13.3 Å². The van der Waals surface area contributed by atoms with Crippen LogP contribution in [-0.2, 0) is 7.05 Å². The molecule has 0 spiro atoms. The number of nitrogens with zero attached hydrogens (tertiary/aromatic N) is 4. The highest BCUT2D eigenvalue weighted by Crippen LogP contribution is 2.25. The molecule has 3 aromatic rings. The Morgan fingerprint density at radius 3 is 2.90 bits per heavy atom. The van der Waals surface area contributed by atoms with Crippen LogP contribution in [0.5, 0.6) is 0 Å². The van der Waals surface area contributed by atoms with E-state index in [0.717, 1.165) is 11.0 Å². The first-order valence-corrected chi connectivity index (χ1v) is 7.16. The van der Waals surface area contributed by atoms with Crippen LogP contribution in [0.1, 0.15) is 0 Å². The molecular formula is C13H12FN5S. The van der Waals surface area contributed by atoms with E-state index in [1.54, 1.807) is 23.0 Å². The molecule has 0 radical (unpaired) electrons. The first-order chi connectivity index (χ1) is 9.67. The van der Waals surface area contributed by atoms with Crippen molar-refractivity contribution in [2.24, 2.45) is 7.05 Å². The number of aryl methyl sites for hydroxylation is 1. The van der Waals surface area contributed by atoms with Gasteiger partial charge in [-0.2, -0.15) is 5.10 Å². The van der Waals surface area contributed by atoms with Gasteiger partial charge in [-0.3, -0.25) is 4.68 Å². The number of aromatic nitrogens is 4. The summed E-state index contributed by atoms with van der Waals surface area (Å²) < 4.78 is 14.9. The van der Waals surface area contributed by atoms with Crippen LogP contribution in [0.4, 0.5) is 15.9 Å². The standard InChI is InChI=1S/C13H12FN5S/c1-19-12-10(7-15-19)11(17-13(18-12)20-2)16-9-5-3-4-8(14)6-9/h3-7H,1-2H3,(H,16,17,18). The highest BCUT2D eigenvalue weighted by Gasteiger charge is 2.11. The molecule has 3 rings (SSSR count). The second kappa shape index (κ2) is 5.09. The summed E-state index contributed by atoms with van der Waals surface area (Å²) in [7, 11) is 1.82. The Morgan fingerprint density at radius 2 is 2.15 bits per heavy atom. The molecule has 0 bridgehead atoms. The fourth-order valence-electron chi connectivity index (χ4n) is 1.89. The van der Waals surface area contributed by atoms with Crippen LogP contribution in [0.25, 0.3) is 11.0 Å². The number of nitrogens with one attached hydrogen (secondary N) is 1. The molecule has 0 unspecified atom stereocenters. The monoisotopic (exact) mass is 289 g/mol. The molecule has 102 valence electrons. The van der Waals surface area contributed by atoms with Crippen molar-refractivity contribution >= 4 is 34.3 Å². The van der Waals surface area contributed by atoms with Gasteiger partial charge in [0.25, 0.3) is 0 Å². The van der Waals surface area contributed by atoms with Gasteiger partial charge in [-0.1, -0.05) is 17.8 Å². The minimum absolute atomic E-state index is 0.295. The molecule has 0 aliphatic heterocycles. The second-order valence-corrected chi connectivity index (χ2v) is 4.97. The van der Waals surface area contributed by atoms with Crippen molar-refractivity contribution in [1.82, 2.24) is 19.7 Å². The minimum Gasteiger partial charge on any atom is -0.339 e. The predicted molar refractivity (Wildman–Crippen MR) is 77.8 cm³/mol. The maximum Gasteiger partial charge on any atom is 0.191 e. The summed E-state index contributed by atoms with van der Waals surface area (Å²) in [4.78, 5) is 8.83. The van der Waals surface area contributed by atoms with Crippen LogP contribution in [0.15, 0.2) is 35.6 Å². The topological polar surface area (TPSA) is 55.6 Å². The molecule has 0 atom stereocenters. The molecule has 1 N–H and O–H groups in total. The maximum absolute atomic E-state index is 13.2. The van der Waals surface area contributed by atoms with Gasteiger partial charge >= 0.3 is 0 Å². The Kier molecular flexibility index (Phi) is 3.27. The van der Waals surface area contributed by atoms with Crippen LogP contribution in [0, 0.1) is 5.82 Å². The van der Waals surface area contributed by atoms with Gasteiger partial charge in [-0.15, -0.1) is 0 Å². The van der Waals surface area contributed by atoms with Crippen LogP contribution in [0.3, 0.4) is 0 Å². The molecule has 0 aliphatic carbocycles. The maximum atomic E-state index is 13.2. The molecular weight excluding hydrogens is 277 g/mol. The van der Waals surface area contributed by atoms with Gasteiger partial charge < -0.3 is 5.32 Å². The third-order valence-electron chi connectivity index (χ3n) is 2.84. The fourth-order valence-corrected chi connectivity index (χ4v) is 2.25. The van der Waals surface area contributed by atoms with Gasteiger partial charge in [0, 0.05) is 12.7 Å². The zero-order valence-electron chi connectivity index (χ0n) is 11.0. The third-order valence-corrected chi connectivity index (χ3v) is 3.39. The van der Waals surface area contributed by atoms with E-state index in [9.17, 15) is 4.39 Å². The third kappa shape index (κ3) is 2.32. The van der Waals surface area contributed by atoms with Crippen LogP contribution < -0.4 is 5.32 Å². The van der Waals surface area contributed by atoms with Crippen molar-refractivity contribution in [1.29, 1.82) is 0 Å². The molecule has 2 heterocycles. The number of thioether (sulfide) groups is 1. The molecule has 20 heavy (non-hydrogen) atoms. The van der Waals surface area contributed by atoms with Crippen molar-refractivity contribution in [2.45, 2.75) is 5.16 Å². The number of hydrogen-bond acceptors (Lipinski definition) is 5. The minimum atomic E-state index is -0.295.